The summed E-state index contributed by atoms with van der Waals surface area (Å²) in [5.41, 5.74) is 2.24. The first-order valence-electron chi connectivity index (χ1n) is 8.78. The van der Waals surface area contributed by atoms with E-state index in [1.165, 1.54) is 5.56 Å². The van der Waals surface area contributed by atoms with Gasteiger partial charge in [0.25, 0.3) is 0 Å². The predicted octanol–water partition coefficient (Wildman–Crippen LogP) is 1.41. The Hall–Kier alpha value is -1.66. The van der Waals surface area contributed by atoms with Gasteiger partial charge in [0.15, 0.2) is 5.96 Å². The third-order valence-corrected chi connectivity index (χ3v) is 4.53. The van der Waals surface area contributed by atoms with Crippen LogP contribution < -0.4 is 10.6 Å². The van der Waals surface area contributed by atoms with E-state index in [2.05, 4.69) is 52.3 Å². The van der Waals surface area contributed by atoms with E-state index in [0.29, 0.717) is 18.5 Å². The highest BCUT2D eigenvalue weighted by molar-refractivity contribution is 5.79. The van der Waals surface area contributed by atoms with E-state index in [-0.39, 0.29) is 0 Å². The molecule has 1 aromatic rings. The third kappa shape index (κ3) is 5.46. The van der Waals surface area contributed by atoms with Gasteiger partial charge in [0.1, 0.15) is 0 Å². The first-order chi connectivity index (χ1) is 11.6. The zero-order valence-corrected chi connectivity index (χ0v) is 15.4. The molecule has 1 fully saturated rings. The van der Waals surface area contributed by atoms with Crippen LogP contribution >= 0.6 is 0 Å². The molecule has 1 aromatic heterocycles. The number of hydrogen-bond donors (Lipinski definition) is 2. The average Bonchev–Trinajstić information content (AvgIpc) is 2.59. The molecule has 1 saturated heterocycles. The Balaban J connectivity index is 1.86. The van der Waals surface area contributed by atoms with Gasteiger partial charge in [-0.1, -0.05) is 19.9 Å². The second kappa shape index (κ2) is 9.59. The highest BCUT2D eigenvalue weighted by Gasteiger charge is 2.23. The number of aryl methyl sites for hydroxylation is 1. The monoisotopic (exact) mass is 333 g/mol. The van der Waals surface area contributed by atoms with Gasteiger partial charge >= 0.3 is 0 Å². The second-order valence-corrected chi connectivity index (χ2v) is 6.53. The Morgan fingerprint density at radius 3 is 2.71 bits per heavy atom. The summed E-state index contributed by atoms with van der Waals surface area (Å²) in [6, 6.07) is 4.51. The molecule has 0 aliphatic carbocycles. The number of pyridine rings is 1. The second-order valence-electron chi connectivity index (χ2n) is 6.53. The molecule has 0 radical (unpaired) electrons. The fourth-order valence-corrected chi connectivity index (χ4v) is 2.99. The Morgan fingerprint density at radius 1 is 1.33 bits per heavy atom. The van der Waals surface area contributed by atoms with Crippen molar-refractivity contribution in [2.75, 3.05) is 39.9 Å². The molecule has 24 heavy (non-hydrogen) atoms. The maximum Gasteiger partial charge on any atom is 0.191 e. The van der Waals surface area contributed by atoms with E-state index in [1.807, 2.05) is 12.3 Å². The fourth-order valence-electron chi connectivity index (χ4n) is 2.99. The predicted molar refractivity (Wildman–Crippen MR) is 98.2 cm³/mol. The highest BCUT2D eigenvalue weighted by Crippen LogP contribution is 2.12. The molecule has 1 unspecified atom stereocenters. The summed E-state index contributed by atoms with van der Waals surface area (Å²) < 4.78 is 5.47. The number of aromatic nitrogens is 1. The number of hydrogen-bond acceptors (Lipinski definition) is 4. The number of aliphatic imine (C=N–C) groups is 1. The van der Waals surface area contributed by atoms with Gasteiger partial charge in [0.2, 0.25) is 0 Å². The first kappa shape index (κ1) is 18.7. The van der Waals surface area contributed by atoms with Crippen LogP contribution in [-0.4, -0.2) is 61.8 Å². The van der Waals surface area contributed by atoms with Gasteiger partial charge in [-0.25, -0.2) is 0 Å². The lowest BCUT2D eigenvalue weighted by Gasteiger charge is -2.37. The quantitative estimate of drug-likeness (QED) is 0.609. The molecule has 0 spiro atoms. The highest BCUT2D eigenvalue weighted by atomic mass is 16.5. The molecule has 0 saturated carbocycles. The van der Waals surface area contributed by atoms with Gasteiger partial charge in [-0.2, -0.15) is 0 Å². The standard InChI is InChI=1S/C18H31N5O/c1-14(2)17(23-8-10-24-11-9-23)13-22-18(19-4)21-12-16-15(3)6-5-7-20-16/h5-7,14,17H,8-13H2,1-4H3,(H2,19,21,22). The van der Waals surface area contributed by atoms with Gasteiger partial charge < -0.3 is 15.4 Å². The van der Waals surface area contributed by atoms with Crippen molar-refractivity contribution in [3.63, 3.8) is 0 Å². The number of nitrogens with zero attached hydrogens (tertiary/aromatic N) is 3. The van der Waals surface area contributed by atoms with Crippen molar-refractivity contribution in [1.29, 1.82) is 0 Å². The molecule has 1 atom stereocenters. The average molecular weight is 333 g/mol. The summed E-state index contributed by atoms with van der Waals surface area (Å²) in [5, 5.41) is 6.82. The molecule has 1 aliphatic rings. The Kier molecular flexibility index (Phi) is 7.46. The van der Waals surface area contributed by atoms with Crippen molar-refractivity contribution in [1.82, 2.24) is 20.5 Å². The lowest BCUT2D eigenvalue weighted by Crippen LogP contribution is -2.52. The number of rotatable bonds is 6. The van der Waals surface area contributed by atoms with Crippen LogP contribution in [0.1, 0.15) is 25.1 Å². The topological polar surface area (TPSA) is 61.8 Å². The van der Waals surface area contributed by atoms with Crippen molar-refractivity contribution in [2.45, 2.75) is 33.4 Å². The number of nitrogens with one attached hydrogen (secondary N) is 2. The van der Waals surface area contributed by atoms with Crippen LogP contribution in [0, 0.1) is 12.8 Å². The molecular weight excluding hydrogens is 302 g/mol. The van der Waals surface area contributed by atoms with E-state index in [4.69, 9.17) is 4.74 Å². The van der Waals surface area contributed by atoms with E-state index in [1.54, 1.807) is 7.05 Å². The van der Waals surface area contributed by atoms with Crippen LogP contribution in [0.25, 0.3) is 0 Å². The Labute approximate surface area is 145 Å². The van der Waals surface area contributed by atoms with Gasteiger partial charge in [-0.15, -0.1) is 0 Å². The minimum absolute atomic E-state index is 0.476. The van der Waals surface area contributed by atoms with Crippen molar-refractivity contribution < 1.29 is 4.74 Å². The first-order valence-corrected chi connectivity index (χ1v) is 8.78. The number of ether oxygens (including phenoxy) is 1. The van der Waals surface area contributed by atoms with E-state index >= 15 is 0 Å². The van der Waals surface area contributed by atoms with Crippen molar-refractivity contribution in [2.24, 2.45) is 10.9 Å². The minimum atomic E-state index is 0.476. The molecule has 6 heteroatoms. The third-order valence-electron chi connectivity index (χ3n) is 4.53. The summed E-state index contributed by atoms with van der Waals surface area (Å²) >= 11 is 0. The van der Waals surface area contributed by atoms with Gasteiger partial charge in [0, 0.05) is 38.9 Å². The van der Waals surface area contributed by atoms with Crippen LogP contribution in [-0.2, 0) is 11.3 Å². The summed E-state index contributed by atoms with van der Waals surface area (Å²) in [6.07, 6.45) is 1.83. The van der Waals surface area contributed by atoms with Crippen LogP contribution in [0.4, 0.5) is 0 Å². The molecular formula is C18H31N5O. The summed E-state index contributed by atoms with van der Waals surface area (Å²) in [7, 11) is 1.81. The van der Waals surface area contributed by atoms with Gasteiger partial charge in [0.05, 0.1) is 25.5 Å². The Morgan fingerprint density at radius 2 is 2.08 bits per heavy atom. The molecule has 2 N–H and O–H groups in total. The summed E-state index contributed by atoms with van der Waals surface area (Å²) in [4.78, 5) is 11.3. The molecule has 0 bridgehead atoms. The summed E-state index contributed by atoms with van der Waals surface area (Å²) in [5.74, 6) is 1.39. The zero-order chi connectivity index (χ0) is 17.4. The van der Waals surface area contributed by atoms with Crippen LogP contribution in [0.2, 0.25) is 0 Å². The van der Waals surface area contributed by atoms with E-state index in [9.17, 15) is 0 Å². The molecule has 1 aliphatic heterocycles. The zero-order valence-electron chi connectivity index (χ0n) is 15.4. The molecule has 0 amide bonds. The number of guanidine groups is 1. The smallest absolute Gasteiger partial charge is 0.191 e. The molecule has 2 heterocycles. The minimum Gasteiger partial charge on any atom is -0.379 e. The van der Waals surface area contributed by atoms with Gasteiger partial charge in [-0.3, -0.25) is 14.9 Å². The lowest BCUT2D eigenvalue weighted by atomic mass is 10.0. The maximum absolute atomic E-state index is 5.47. The van der Waals surface area contributed by atoms with Crippen molar-refractivity contribution >= 4 is 5.96 Å². The Bertz CT molecular complexity index is 526. The van der Waals surface area contributed by atoms with Crippen LogP contribution in [0.15, 0.2) is 23.3 Å². The summed E-state index contributed by atoms with van der Waals surface area (Å²) in [6.45, 7) is 11.8. The van der Waals surface area contributed by atoms with E-state index < -0.39 is 0 Å². The lowest BCUT2D eigenvalue weighted by molar-refractivity contribution is 0.00752. The van der Waals surface area contributed by atoms with Gasteiger partial charge in [-0.05, 0) is 24.5 Å². The molecule has 0 aromatic carbocycles. The van der Waals surface area contributed by atoms with Crippen LogP contribution in [0.5, 0.6) is 0 Å². The maximum atomic E-state index is 5.47. The number of morpholine rings is 1. The van der Waals surface area contributed by atoms with Crippen molar-refractivity contribution in [3.8, 4) is 0 Å². The molecule has 2 rings (SSSR count). The van der Waals surface area contributed by atoms with E-state index in [0.717, 1.165) is 44.5 Å². The largest absolute Gasteiger partial charge is 0.379 e. The normalized spacial score (nSPS) is 17.8. The fraction of sp³-hybridized carbons (Fsp3) is 0.667. The SMILES string of the molecule is CN=C(NCc1ncccc1C)NCC(C(C)C)N1CCOCC1. The van der Waals surface area contributed by atoms with Crippen LogP contribution in [0.3, 0.4) is 0 Å². The molecule has 134 valence electrons. The van der Waals surface area contributed by atoms with Crippen molar-refractivity contribution in [3.05, 3.63) is 29.6 Å². The molecule has 6 nitrogen and oxygen atoms in total.